The lowest BCUT2D eigenvalue weighted by Gasteiger charge is -2.32. The van der Waals surface area contributed by atoms with Gasteiger partial charge in [0.2, 0.25) is 0 Å². The normalized spacial score (nSPS) is 17.5. The van der Waals surface area contributed by atoms with Crippen LogP contribution < -0.4 is 0 Å². The molecule has 0 aliphatic rings. The van der Waals surface area contributed by atoms with E-state index in [1.165, 1.54) is 6.92 Å². The first-order chi connectivity index (χ1) is 6.85. The molecular formula is C10H21NO4. The fourth-order valence-electron chi connectivity index (χ4n) is 1.39. The average molecular weight is 219 g/mol. The molecule has 0 radical (unpaired) electrons. The summed E-state index contributed by atoms with van der Waals surface area (Å²) in [6.45, 7) is 6.45. The summed E-state index contributed by atoms with van der Waals surface area (Å²) in [5, 5.41) is 18.4. The van der Waals surface area contributed by atoms with Crippen LogP contribution in [-0.2, 0) is 9.53 Å². The lowest BCUT2D eigenvalue weighted by Crippen LogP contribution is -2.50. The molecule has 2 N–H and O–H groups in total. The summed E-state index contributed by atoms with van der Waals surface area (Å²) in [4.78, 5) is 12.6. The number of rotatable bonds is 7. The van der Waals surface area contributed by atoms with Crippen molar-refractivity contribution in [2.45, 2.75) is 32.4 Å². The second kappa shape index (κ2) is 6.05. The monoisotopic (exact) mass is 219 g/mol. The molecule has 0 aromatic carbocycles. The van der Waals surface area contributed by atoms with E-state index in [2.05, 4.69) is 0 Å². The summed E-state index contributed by atoms with van der Waals surface area (Å²) >= 11 is 0. The van der Waals surface area contributed by atoms with Crippen LogP contribution in [-0.4, -0.2) is 59.5 Å². The molecule has 2 atom stereocenters. The standard InChI is InChI=1S/C10H21NO4/c1-5-11(8(2)6-15-4)7-10(3,14)9(12)13/h8,14H,5-7H2,1-4H3,(H,12,13). The number of aliphatic carboxylic acids is 1. The molecule has 0 saturated heterocycles. The van der Waals surface area contributed by atoms with E-state index in [1.807, 2.05) is 18.7 Å². The summed E-state index contributed by atoms with van der Waals surface area (Å²) in [6, 6.07) is 0.0887. The number of hydrogen-bond donors (Lipinski definition) is 2. The van der Waals surface area contributed by atoms with Crippen molar-refractivity contribution in [2.24, 2.45) is 0 Å². The minimum absolute atomic E-state index is 0.0887. The van der Waals surface area contributed by atoms with Crippen molar-refractivity contribution in [1.29, 1.82) is 0 Å². The van der Waals surface area contributed by atoms with Crippen LogP contribution in [0.2, 0.25) is 0 Å². The predicted molar refractivity (Wildman–Crippen MR) is 56.8 cm³/mol. The topological polar surface area (TPSA) is 70.0 Å². The lowest BCUT2D eigenvalue weighted by atomic mass is 10.1. The van der Waals surface area contributed by atoms with Crippen LogP contribution >= 0.6 is 0 Å². The van der Waals surface area contributed by atoms with E-state index < -0.39 is 11.6 Å². The minimum atomic E-state index is -1.71. The zero-order valence-electron chi connectivity index (χ0n) is 9.86. The highest BCUT2D eigenvalue weighted by atomic mass is 16.5. The van der Waals surface area contributed by atoms with Gasteiger partial charge in [-0.2, -0.15) is 0 Å². The maximum absolute atomic E-state index is 10.7. The van der Waals surface area contributed by atoms with Crippen molar-refractivity contribution in [3.63, 3.8) is 0 Å². The van der Waals surface area contributed by atoms with Gasteiger partial charge in [-0.05, 0) is 20.4 Å². The van der Waals surface area contributed by atoms with Gasteiger partial charge >= 0.3 is 5.97 Å². The third kappa shape index (κ3) is 4.59. The van der Waals surface area contributed by atoms with Crippen LogP contribution in [0.25, 0.3) is 0 Å². The fraction of sp³-hybridized carbons (Fsp3) is 0.900. The molecule has 5 heteroatoms. The predicted octanol–water partition coefficient (Wildman–Crippen LogP) is 0.179. The Morgan fingerprint density at radius 3 is 2.47 bits per heavy atom. The van der Waals surface area contributed by atoms with E-state index in [-0.39, 0.29) is 12.6 Å². The average Bonchev–Trinajstić information content (AvgIpc) is 2.14. The van der Waals surface area contributed by atoms with E-state index >= 15 is 0 Å². The lowest BCUT2D eigenvalue weighted by molar-refractivity contribution is -0.159. The van der Waals surface area contributed by atoms with Crippen LogP contribution in [0, 0.1) is 0 Å². The van der Waals surface area contributed by atoms with Crippen LogP contribution in [0.4, 0.5) is 0 Å². The zero-order chi connectivity index (χ0) is 12.1. The van der Waals surface area contributed by atoms with Crippen LogP contribution in [0.1, 0.15) is 20.8 Å². The number of carboxylic acid groups (broad SMARTS) is 1. The maximum Gasteiger partial charge on any atom is 0.336 e. The molecule has 0 spiro atoms. The molecule has 0 aliphatic heterocycles. The van der Waals surface area contributed by atoms with Crippen molar-refractivity contribution < 1.29 is 19.7 Å². The third-order valence-electron chi connectivity index (χ3n) is 2.41. The molecular weight excluding hydrogens is 198 g/mol. The number of carboxylic acids is 1. The second-order valence-corrected chi connectivity index (χ2v) is 3.95. The van der Waals surface area contributed by atoms with Crippen molar-refractivity contribution in [2.75, 3.05) is 26.8 Å². The van der Waals surface area contributed by atoms with Gasteiger partial charge in [0.15, 0.2) is 5.60 Å². The Bertz CT molecular complexity index is 206. The molecule has 0 bridgehead atoms. The highest BCUT2D eigenvalue weighted by Gasteiger charge is 2.33. The SMILES string of the molecule is CCN(CC(C)(O)C(=O)O)C(C)COC. The number of likely N-dealkylation sites (N-methyl/N-ethyl adjacent to an activating group) is 1. The van der Waals surface area contributed by atoms with Gasteiger partial charge in [-0.3, -0.25) is 4.90 Å². The molecule has 0 aromatic rings. The number of hydrogen-bond acceptors (Lipinski definition) is 4. The van der Waals surface area contributed by atoms with E-state index in [0.717, 1.165) is 0 Å². The maximum atomic E-state index is 10.7. The Balaban J connectivity index is 4.38. The molecule has 0 aliphatic carbocycles. The molecule has 5 nitrogen and oxygen atoms in total. The van der Waals surface area contributed by atoms with Crippen LogP contribution in [0.15, 0.2) is 0 Å². The van der Waals surface area contributed by atoms with Crippen LogP contribution in [0.3, 0.4) is 0 Å². The van der Waals surface area contributed by atoms with Gasteiger partial charge in [0.1, 0.15) is 0 Å². The molecule has 2 unspecified atom stereocenters. The molecule has 90 valence electrons. The Hall–Kier alpha value is -0.650. The third-order valence-corrected chi connectivity index (χ3v) is 2.41. The number of nitrogens with zero attached hydrogens (tertiary/aromatic N) is 1. The largest absolute Gasteiger partial charge is 0.479 e. The van der Waals surface area contributed by atoms with Gasteiger partial charge in [-0.1, -0.05) is 6.92 Å². The van der Waals surface area contributed by atoms with Crippen molar-refractivity contribution in [3.8, 4) is 0 Å². The van der Waals surface area contributed by atoms with Crippen molar-refractivity contribution in [1.82, 2.24) is 4.90 Å². The smallest absolute Gasteiger partial charge is 0.336 e. The highest BCUT2D eigenvalue weighted by Crippen LogP contribution is 2.09. The van der Waals surface area contributed by atoms with Crippen molar-refractivity contribution >= 4 is 5.97 Å². The fourth-order valence-corrected chi connectivity index (χ4v) is 1.39. The van der Waals surface area contributed by atoms with Gasteiger partial charge in [0.05, 0.1) is 6.61 Å². The minimum Gasteiger partial charge on any atom is -0.479 e. The molecule has 0 saturated carbocycles. The molecule has 0 rings (SSSR count). The quantitative estimate of drug-likeness (QED) is 0.639. The van der Waals surface area contributed by atoms with Crippen LogP contribution in [0.5, 0.6) is 0 Å². The first-order valence-corrected chi connectivity index (χ1v) is 5.04. The van der Waals surface area contributed by atoms with E-state index in [4.69, 9.17) is 9.84 Å². The number of aliphatic hydroxyl groups is 1. The van der Waals surface area contributed by atoms with E-state index in [1.54, 1.807) is 7.11 Å². The highest BCUT2D eigenvalue weighted by molar-refractivity contribution is 5.76. The Kier molecular flexibility index (Phi) is 5.79. The van der Waals surface area contributed by atoms with Gasteiger partial charge in [-0.15, -0.1) is 0 Å². The van der Waals surface area contributed by atoms with Gasteiger partial charge < -0.3 is 14.9 Å². The Labute approximate surface area is 90.6 Å². The Morgan fingerprint density at radius 1 is 1.60 bits per heavy atom. The van der Waals surface area contributed by atoms with Gasteiger partial charge in [0.25, 0.3) is 0 Å². The van der Waals surface area contributed by atoms with Gasteiger partial charge in [0, 0.05) is 19.7 Å². The van der Waals surface area contributed by atoms with Crippen molar-refractivity contribution in [3.05, 3.63) is 0 Å². The summed E-state index contributed by atoms with van der Waals surface area (Å²) in [6.07, 6.45) is 0. The molecule has 0 heterocycles. The zero-order valence-corrected chi connectivity index (χ0v) is 9.86. The number of ether oxygens (including phenoxy) is 1. The summed E-state index contributed by atoms with van der Waals surface area (Å²) in [5.74, 6) is -1.20. The molecule has 0 amide bonds. The summed E-state index contributed by atoms with van der Waals surface area (Å²) in [5.41, 5.74) is -1.71. The number of carbonyl (C=O) groups is 1. The molecule has 0 aromatic heterocycles. The molecule has 0 fully saturated rings. The first kappa shape index (κ1) is 14.3. The van der Waals surface area contributed by atoms with Gasteiger partial charge in [-0.25, -0.2) is 4.79 Å². The number of methoxy groups -OCH3 is 1. The summed E-state index contributed by atoms with van der Waals surface area (Å²) < 4.78 is 4.99. The second-order valence-electron chi connectivity index (χ2n) is 3.95. The molecule has 15 heavy (non-hydrogen) atoms. The Morgan fingerprint density at radius 2 is 2.13 bits per heavy atom. The summed E-state index contributed by atoms with van der Waals surface area (Å²) in [7, 11) is 1.60. The first-order valence-electron chi connectivity index (χ1n) is 5.04. The van der Waals surface area contributed by atoms with E-state index in [9.17, 15) is 9.90 Å². The van der Waals surface area contributed by atoms with E-state index in [0.29, 0.717) is 13.2 Å².